The molecule has 0 amide bonds. The summed E-state index contributed by atoms with van der Waals surface area (Å²) in [5.41, 5.74) is 1.12. The van der Waals surface area contributed by atoms with Gasteiger partial charge in [0.1, 0.15) is 0 Å². The van der Waals surface area contributed by atoms with Crippen LogP contribution in [0.5, 0.6) is 0 Å². The van der Waals surface area contributed by atoms with Crippen LogP contribution in [0.15, 0.2) is 29.2 Å². The molecule has 1 aromatic rings. The van der Waals surface area contributed by atoms with Crippen LogP contribution < -0.4 is 5.32 Å². The number of rotatable bonds is 8. The van der Waals surface area contributed by atoms with Crippen LogP contribution in [0.2, 0.25) is 0 Å². The van der Waals surface area contributed by atoms with Gasteiger partial charge < -0.3 is 10.4 Å². The number of hydrogen-bond donors (Lipinski definition) is 2. The molecule has 0 spiro atoms. The Labute approximate surface area is 122 Å². The van der Waals surface area contributed by atoms with Crippen molar-refractivity contribution in [3.63, 3.8) is 0 Å². The fraction of sp³-hybridized carbons (Fsp3) is 0.625. The summed E-state index contributed by atoms with van der Waals surface area (Å²) in [6, 6.07) is 8.64. The molecule has 2 nitrogen and oxygen atoms in total. The molecule has 1 rings (SSSR count). The molecule has 0 aliphatic heterocycles. The number of thioether (sulfide) groups is 1. The summed E-state index contributed by atoms with van der Waals surface area (Å²) in [7, 11) is 0. The summed E-state index contributed by atoms with van der Waals surface area (Å²) >= 11 is 1.88. The summed E-state index contributed by atoms with van der Waals surface area (Å²) < 4.78 is 0. The minimum absolute atomic E-state index is 0.173. The highest BCUT2D eigenvalue weighted by atomic mass is 32.2. The molecule has 2 N–H and O–H groups in total. The van der Waals surface area contributed by atoms with Gasteiger partial charge in [-0.2, -0.15) is 0 Å². The van der Waals surface area contributed by atoms with E-state index in [-0.39, 0.29) is 12.1 Å². The zero-order valence-electron chi connectivity index (χ0n) is 12.6. The first-order valence-corrected chi connectivity index (χ1v) is 7.96. The molecule has 2 unspecified atom stereocenters. The molecule has 0 saturated carbocycles. The van der Waals surface area contributed by atoms with Gasteiger partial charge in [0.15, 0.2) is 0 Å². The van der Waals surface area contributed by atoms with Crippen molar-refractivity contribution in [3.05, 3.63) is 29.8 Å². The van der Waals surface area contributed by atoms with E-state index >= 15 is 0 Å². The van der Waals surface area contributed by atoms with Gasteiger partial charge in [0.25, 0.3) is 0 Å². The molecule has 3 heteroatoms. The number of benzene rings is 1. The molecule has 0 aliphatic carbocycles. The van der Waals surface area contributed by atoms with Crippen molar-refractivity contribution in [3.8, 4) is 0 Å². The standard InChI is InChI=1S/C16H27NOS/c1-5-10-17-16(4,12-18)11-14(3)19-15-8-6-13(2)7-9-15/h6-9,14,17-18H,5,10-12H2,1-4H3. The molecule has 1 aromatic carbocycles. The number of aryl methyl sites for hydroxylation is 1. The highest BCUT2D eigenvalue weighted by molar-refractivity contribution is 7.99. The molecular formula is C16H27NOS. The van der Waals surface area contributed by atoms with Crippen molar-refractivity contribution in [2.75, 3.05) is 13.2 Å². The first-order valence-electron chi connectivity index (χ1n) is 7.08. The second-order valence-electron chi connectivity index (χ2n) is 5.59. The molecule has 108 valence electrons. The SMILES string of the molecule is CCCNC(C)(CO)CC(C)Sc1ccc(C)cc1. The molecule has 2 atom stereocenters. The Morgan fingerprint density at radius 2 is 1.95 bits per heavy atom. The van der Waals surface area contributed by atoms with Crippen molar-refractivity contribution in [2.45, 2.75) is 56.2 Å². The van der Waals surface area contributed by atoms with Crippen LogP contribution in [0.25, 0.3) is 0 Å². The monoisotopic (exact) mass is 281 g/mol. The van der Waals surface area contributed by atoms with Gasteiger partial charge in [-0.1, -0.05) is 31.5 Å². The van der Waals surface area contributed by atoms with E-state index in [1.54, 1.807) is 0 Å². The summed E-state index contributed by atoms with van der Waals surface area (Å²) in [6.07, 6.45) is 2.05. The highest BCUT2D eigenvalue weighted by Crippen LogP contribution is 2.28. The third-order valence-corrected chi connectivity index (χ3v) is 4.36. The summed E-state index contributed by atoms with van der Waals surface area (Å²) in [4.78, 5) is 1.30. The van der Waals surface area contributed by atoms with Gasteiger partial charge in [0, 0.05) is 15.7 Å². The van der Waals surface area contributed by atoms with Gasteiger partial charge in [-0.05, 0) is 45.4 Å². The Balaban J connectivity index is 2.52. The van der Waals surface area contributed by atoms with Crippen molar-refractivity contribution in [1.82, 2.24) is 5.32 Å². The maximum atomic E-state index is 9.59. The van der Waals surface area contributed by atoms with E-state index in [0.717, 1.165) is 19.4 Å². The van der Waals surface area contributed by atoms with Crippen molar-refractivity contribution < 1.29 is 5.11 Å². The van der Waals surface area contributed by atoms with E-state index in [1.807, 2.05) is 11.8 Å². The lowest BCUT2D eigenvalue weighted by Gasteiger charge is -2.31. The second-order valence-corrected chi connectivity index (χ2v) is 7.10. The van der Waals surface area contributed by atoms with Crippen LogP contribution in [-0.4, -0.2) is 29.0 Å². The molecule has 0 radical (unpaired) electrons. The van der Waals surface area contributed by atoms with E-state index in [9.17, 15) is 5.11 Å². The minimum atomic E-state index is -0.173. The first kappa shape index (κ1) is 16.5. The fourth-order valence-corrected chi connectivity index (χ4v) is 3.35. The summed E-state index contributed by atoms with van der Waals surface area (Å²) in [5, 5.41) is 13.5. The fourth-order valence-electron chi connectivity index (χ4n) is 2.14. The third-order valence-electron chi connectivity index (χ3n) is 3.25. The van der Waals surface area contributed by atoms with E-state index in [1.165, 1.54) is 10.5 Å². The predicted octanol–water partition coefficient (Wildman–Crippen LogP) is 3.62. The number of nitrogens with one attached hydrogen (secondary N) is 1. The topological polar surface area (TPSA) is 32.3 Å². The zero-order chi connectivity index (χ0) is 14.3. The minimum Gasteiger partial charge on any atom is -0.394 e. The number of hydrogen-bond acceptors (Lipinski definition) is 3. The Kier molecular flexibility index (Phi) is 6.90. The first-order chi connectivity index (χ1) is 8.99. The maximum Gasteiger partial charge on any atom is 0.0611 e. The van der Waals surface area contributed by atoms with Crippen LogP contribution in [0.1, 0.15) is 39.2 Å². The number of aliphatic hydroxyl groups excluding tert-OH is 1. The molecule has 0 aliphatic rings. The van der Waals surface area contributed by atoms with Crippen molar-refractivity contribution in [2.24, 2.45) is 0 Å². The van der Waals surface area contributed by atoms with Gasteiger partial charge in [0.2, 0.25) is 0 Å². The summed E-state index contributed by atoms with van der Waals surface area (Å²) in [5.74, 6) is 0. The van der Waals surface area contributed by atoms with Crippen LogP contribution >= 0.6 is 11.8 Å². The van der Waals surface area contributed by atoms with Crippen LogP contribution in [0, 0.1) is 6.92 Å². The van der Waals surface area contributed by atoms with Gasteiger partial charge >= 0.3 is 0 Å². The molecule has 0 heterocycles. The lowest BCUT2D eigenvalue weighted by atomic mass is 9.97. The van der Waals surface area contributed by atoms with E-state index in [0.29, 0.717) is 5.25 Å². The van der Waals surface area contributed by atoms with Crippen molar-refractivity contribution >= 4 is 11.8 Å². The summed E-state index contributed by atoms with van der Waals surface area (Å²) in [6.45, 7) is 9.73. The van der Waals surface area contributed by atoms with Crippen molar-refractivity contribution in [1.29, 1.82) is 0 Å². The zero-order valence-corrected chi connectivity index (χ0v) is 13.4. The predicted molar refractivity (Wildman–Crippen MR) is 84.9 cm³/mol. The second kappa shape index (κ2) is 7.93. The van der Waals surface area contributed by atoms with E-state index < -0.39 is 0 Å². The number of aliphatic hydroxyl groups is 1. The Morgan fingerprint density at radius 1 is 1.32 bits per heavy atom. The molecule has 0 bridgehead atoms. The molecular weight excluding hydrogens is 254 g/mol. The molecule has 19 heavy (non-hydrogen) atoms. The lowest BCUT2D eigenvalue weighted by Crippen LogP contribution is -2.47. The lowest BCUT2D eigenvalue weighted by molar-refractivity contribution is 0.166. The third kappa shape index (κ3) is 5.98. The van der Waals surface area contributed by atoms with E-state index in [2.05, 4.69) is 57.3 Å². The maximum absolute atomic E-state index is 9.59. The van der Waals surface area contributed by atoms with Crippen LogP contribution in [0.3, 0.4) is 0 Å². The average molecular weight is 281 g/mol. The van der Waals surface area contributed by atoms with Gasteiger partial charge in [-0.3, -0.25) is 0 Å². The molecule has 0 aromatic heterocycles. The van der Waals surface area contributed by atoms with Gasteiger partial charge in [0.05, 0.1) is 6.61 Å². The largest absolute Gasteiger partial charge is 0.394 e. The highest BCUT2D eigenvalue weighted by Gasteiger charge is 2.25. The Morgan fingerprint density at radius 3 is 2.47 bits per heavy atom. The Bertz CT molecular complexity index is 366. The van der Waals surface area contributed by atoms with Gasteiger partial charge in [-0.15, -0.1) is 11.8 Å². The average Bonchev–Trinajstić information content (AvgIpc) is 2.39. The normalized spacial score (nSPS) is 16.1. The molecule has 0 fully saturated rings. The van der Waals surface area contributed by atoms with Crippen LogP contribution in [0.4, 0.5) is 0 Å². The van der Waals surface area contributed by atoms with Gasteiger partial charge in [-0.25, -0.2) is 0 Å². The van der Waals surface area contributed by atoms with E-state index in [4.69, 9.17) is 0 Å². The Hall–Kier alpha value is -0.510. The quantitative estimate of drug-likeness (QED) is 0.714. The molecule has 0 saturated heterocycles. The smallest absolute Gasteiger partial charge is 0.0611 e. The van der Waals surface area contributed by atoms with Crippen LogP contribution in [-0.2, 0) is 0 Å².